The fourth-order valence-electron chi connectivity index (χ4n) is 1.97. The van der Waals surface area contributed by atoms with Gasteiger partial charge in [0.1, 0.15) is 5.75 Å². The highest BCUT2D eigenvalue weighted by atomic mass is 16.5. The summed E-state index contributed by atoms with van der Waals surface area (Å²) in [6.45, 7) is 9.81. The Morgan fingerprint density at radius 1 is 1.00 bits per heavy atom. The first-order valence-corrected chi connectivity index (χ1v) is 7.77. The molecule has 3 nitrogen and oxygen atoms in total. The zero-order chi connectivity index (χ0) is 16.0. The highest BCUT2D eigenvalue weighted by Crippen LogP contribution is 2.21. The van der Waals surface area contributed by atoms with Crippen LogP contribution < -0.4 is 4.74 Å². The number of hydrogen-bond donors (Lipinski definition) is 0. The maximum absolute atomic E-state index is 5.80. The average Bonchev–Trinajstić information content (AvgIpc) is 2.47. The van der Waals surface area contributed by atoms with Crippen LogP contribution in [0, 0.1) is 5.41 Å². The minimum atomic E-state index is 0.162. The van der Waals surface area contributed by atoms with Crippen molar-refractivity contribution in [2.75, 3.05) is 6.61 Å². The lowest BCUT2D eigenvalue weighted by Gasteiger charge is -2.17. The second-order valence-electron chi connectivity index (χ2n) is 6.62. The van der Waals surface area contributed by atoms with Crippen LogP contribution in [0.2, 0.25) is 0 Å². The summed E-state index contributed by atoms with van der Waals surface area (Å²) in [5.41, 5.74) is 2.34. The van der Waals surface area contributed by atoms with E-state index in [1.165, 1.54) is 5.56 Å². The summed E-state index contributed by atoms with van der Waals surface area (Å²) in [5, 5.41) is 0. The number of rotatable bonds is 6. The van der Waals surface area contributed by atoms with E-state index in [-0.39, 0.29) is 5.41 Å². The molecule has 0 bridgehead atoms. The molecule has 118 valence electrons. The Hall–Kier alpha value is -1.87. The van der Waals surface area contributed by atoms with E-state index in [0.717, 1.165) is 17.9 Å². The second kappa shape index (κ2) is 7.41. The van der Waals surface area contributed by atoms with Crippen LogP contribution >= 0.6 is 0 Å². The highest BCUT2D eigenvalue weighted by molar-refractivity contribution is 5.30. The quantitative estimate of drug-likeness (QED) is 0.752. The van der Waals surface area contributed by atoms with E-state index in [1.54, 1.807) is 0 Å². The van der Waals surface area contributed by atoms with Gasteiger partial charge in [0, 0.05) is 6.07 Å². The van der Waals surface area contributed by atoms with Crippen molar-refractivity contribution in [2.24, 2.45) is 5.41 Å². The van der Waals surface area contributed by atoms with Crippen molar-refractivity contribution in [1.29, 1.82) is 0 Å². The summed E-state index contributed by atoms with van der Waals surface area (Å²) < 4.78 is 11.5. The summed E-state index contributed by atoms with van der Waals surface area (Å²) in [6, 6.07) is 13.9. The van der Waals surface area contributed by atoms with Gasteiger partial charge in [0.2, 0.25) is 5.88 Å². The highest BCUT2D eigenvalue weighted by Gasteiger charge is 2.10. The molecule has 0 atom stereocenters. The molecule has 1 aromatic heterocycles. The first-order valence-electron chi connectivity index (χ1n) is 7.77. The fourth-order valence-corrected chi connectivity index (χ4v) is 1.97. The largest absolute Gasteiger partial charge is 0.439 e. The molecule has 2 aromatic rings. The number of hydrogen-bond acceptors (Lipinski definition) is 3. The molecule has 0 unspecified atom stereocenters. The van der Waals surface area contributed by atoms with Gasteiger partial charge in [-0.25, -0.2) is 4.98 Å². The Bertz CT molecular complexity index is 585. The van der Waals surface area contributed by atoms with Gasteiger partial charge >= 0.3 is 0 Å². The van der Waals surface area contributed by atoms with Gasteiger partial charge in [0.25, 0.3) is 0 Å². The molecule has 2 rings (SSSR count). The summed E-state index contributed by atoms with van der Waals surface area (Å²) in [4.78, 5) is 4.48. The van der Waals surface area contributed by atoms with Gasteiger partial charge < -0.3 is 9.47 Å². The van der Waals surface area contributed by atoms with Gasteiger partial charge in [-0.15, -0.1) is 0 Å². The van der Waals surface area contributed by atoms with Crippen LogP contribution in [0.3, 0.4) is 0 Å². The zero-order valence-corrected chi connectivity index (χ0v) is 13.9. The third kappa shape index (κ3) is 5.49. The maximum Gasteiger partial charge on any atom is 0.219 e. The van der Waals surface area contributed by atoms with Crippen LogP contribution in [0.5, 0.6) is 11.6 Å². The van der Waals surface area contributed by atoms with Crippen LogP contribution in [0.25, 0.3) is 0 Å². The molecular formula is C19H25NO2. The van der Waals surface area contributed by atoms with Crippen molar-refractivity contribution < 1.29 is 9.47 Å². The summed E-state index contributed by atoms with van der Waals surface area (Å²) >= 11 is 0. The monoisotopic (exact) mass is 299 g/mol. The molecule has 0 N–H and O–H groups in total. The molecule has 0 saturated carbocycles. The van der Waals surface area contributed by atoms with Crippen molar-refractivity contribution in [3.05, 3.63) is 53.7 Å². The third-order valence-corrected chi connectivity index (χ3v) is 3.12. The minimum Gasteiger partial charge on any atom is -0.439 e. The smallest absolute Gasteiger partial charge is 0.219 e. The molecule has 22 heavy (non-hydrogen) atoms. The van der Waals surface area contributed by atoms with Crippen molar-refractivity contribution in [3.63, 3.8) is 0 Å². The molecule has 3 heteroatoms. The fraction of sp³-hybridized carbons (Fsp3) is 0.421. The molecule has 0 spiro atoms. The molecule has 0 saturated heterocycles. The van der Waals surface area contributed by atoms with Gasteiger partial charge in [-0.3, -0.25) is 0 Å². The number of benzene rings is 1. The van der Waals surface area contributed by atoms with Crippen LogP contribution in [-0.4, -0.2) is 11.6 Å². The van der Waals surface area contributed by atoms with E-state index < -0.39 is 0 Å². The average molecular weight is 299 g/mol. The predicted octanol–water partition coefficient (Wildman–Crippen LogP) is 5.00. The molecular weight excluding hydrogens is 274 g/mol. The first kappa shape index (κ1) is 16.5. The van der Waals surface area contributed by atoms with Crippen molar-refractivity contribution in [2.45, 2.75) is 40.7 Å². The van der Waals surface area contributed by atoms with Gasteiger partial charge in [0.15, 0.2) is 0 Å². The number of aromatic nitrogens is 1. The Kier molecular flexibility index (Phi) is 5.56. The number of ether oxygens (including phenoxy) is 2. The van der Waals surface area contributed by atoms with E-state index in [9.17, 15) is 0 Å². The molecule has 0 aliphatic heterocycles. The first-order chi connectivity index (χ1) is 10.5. The summed E-state index contributed by atoms with van der Waals surface area (Å²) in [6.07, 6.45) is 1.03. The van der Waals surface area contributed by atoms with E-state index in [0.29, 0.717) is 19.1 Å². The van der Waals surface area contributed by atoms with E-state index in [4.69, 9.17) is 9.47 Å². The Morgan fingerprint density at radius 2 is 1.73 bits per heavy atom. The Labute approximate surface area is 133 Å². The van der Waals surface area contributed by atoms with Crippen LogP contribution in [0.15, 0.2) is 42.5 Å². The van der Waals surface area contributed by atoms with Crippen LogP contribution in [0.4, 0.5) is 0 Å². The topological polar surface area (TPSA) is 31.4 Å². The molecule has 0 amide bonds. The van der Waals surface area contributed by atoms with Crippen LogP contribution in [-0.2, 0) is 17.8 Å². The minimum absolute atomic E-state index is 0.162. The third-order valence-electron chi connectivity index (χ3n) is 3.12. The van der Waals surface area contributed by atoms with Gasteiger partial charge in [-0.05, 0) is 35.6 Å². The standard InChI is InChI=1S/C19H25NO2/c1-5-15-9-11-17(12-10-15)22-18-8-6-7-16(20-18)13-21-14-19(2,3)4/h6-12H,5,13-14H2,1-4H3. The van der Waals surface area contributed by atoms with Crippen molar-refractivity contribution in [1.82, 2.24) is 4.98 Å². The number of aryl methyl sites for hydroxylation is 1. The lowest BCUT2D eigenvalue weighted by atomic mass is 9.99. The number of pyridine rings is 1. The second-order valence-corrected chi connectivity index (χ2v) is 6.62. The van der Waals surface area contributed by atoms with Gasteiger partial charge in [-0.2, -0.15) is 0 Å². The number of nitrogens with zero attached hydrogens (tertiary/aromatic N) is 1. The molecule has 0 radical (unpaired) electrons. The van der Waals surface area contributed by atoms with Crippen molar-refractivity contribution in [3.8, 4) is 11.6 Å². The van der Waals surface area contributed by atoms with E-state index in [1.807, 2.05) is 30.3 Å². The summed E-state index contributed by atoms with van der Waals surface area (Å²) in [7, 11) is 0. The lowest BCUT2D eigenvalue weighted by molar-refractivity contribution is 0.0579. The van der Waals surface area contributed by atoms with Crippen molar-refractivity contribution >= 4 is 0 Å². The molecule has 0 fully saturated rings. The van der Waals surface area contributed by atoms with Gasteiger partial charge in [-0.1, -0.05) is 45.9 Å². The molecule has 1 heterocycles. The van der Waals surface area contributed by atoms with Gasteiger partial charge in [0.05, 0.1) is 18.9 Å². The van der Waals surface area contributed by atoms with Crippen LogP contribution in [0.1, 0.15) is 39.0 Å². The van der Waals surface area contributed by atoms with E-state index >= 15 is 0 Å². The molecule has 0 aliphatic carbocycles. The SMILES string of the molecule is CCc1ccc(Oc2cccc(COCC(C)(C)C)n2)cc1. The zero-order valence-electron chi connectivity index (χ0n) is 13.9. The molecule has 0 aliphatic rings. The normalized spacial score (nSPS) is 11.5. The Balaban J connectivity index is 1.95. The lowest BCUT2D eigenvalue weighted by Crippen LogP contribution is -2.14. The maximum atomic E-state index is 5.80. The predicted molar refractivity (Wildman–Crippen MR) is 89.2 cm³/mol. The molecule has 1 aromatic carbocycles. The summed E-state index contributed by atoms with van der Waals surface area (Å²) in [5.74, 6) is 1.40. The Morgan fingerprint density at radius 3 is 2.36 bits per heavy atom. The van der Waals surface area contributed by atoms with E-state index in [2.05, 4.69) is 44.8 Å².